The lowest BCUT2D eigenvalue weighted by Crippen LogP contribution is -2.20. The molecule has 1 aliphatic rings. The van der Waals surface area contributed by atoms with Crippen molar-refractivity contribution < 1.29 is 9.50 Å². The van der Waals surface area contributed by atoms with Gasteiger partial charge in [-0.25, -0.2) is 9.37 Å². The van der Waals surface area contributed by atoms with E-state index in [2.05, 4.69) is 25.0 Å². The van der Waals surface area contributed by atoms with Crippen LogP contribution < -0.4 is 11.3 Å². The van der Waals surface area contributed by atoms with E-state index in [1.807, 2.05) is 31.0 Å². The minimum atomic E-state index is -0.536. The lowest BCUT2D eigenvalue weighted by Gasteiger charge is -2.15. The lowest BCUT2D eigenvalue weighted by molar-refractivity contribution is 0.282. The van der Waals surface area contributed by atoms with E-state index in [1.165, 1.54) is 10.6 Å². The number of anilines is 1. The fourth-order valence-electron chi connectivity index (χ4n) is 5.36. The zero-order valence-corrected chi connectivity index (χ0v) is 23.7. The van der Waals surface area contributed by atoms with Crippen molar-refractivity contribution in [2.24, 2.45) is 0 Å². The topological polar surface area (TPSA) is 128 Å². The Morgan fingerprint density at radius 3 is 2.74 bits per heavy atom. The van der Waals surface area contributed by atoms with Crippen LogP contribution in [0.2, 0.25) is 0 Å². The maximum atomic E-state index is 15.2. The third-order valence-electron chi connectivity index (χ3n) is 7.58. The minimum absolute atomic E-state index is 0.0187. The van der Waals surface area contributed by atoms with E-state index in [0.717, 1.165) is 43.5 Å². The van der Waals surface area contributed by atoms with Gasteiger partial charge < -0.3 is 15.7 Å². The molecule has 42 heavy (non-hydrogen) atoms. The van der Waals surface area contributed by atoms with E-state index in [9.17, 15) is 9.90 Å². The fourth-order valence-corrected chi connectivity index (χ4v) is 5.36. The molecule has 10 nitrogen and oxygen atoms in total. The van der Waals surface area contributed by atoms with Crippen molar-refractivity contribution in [2.75, 3.05) is 26.4 Å². The highest BCUT2D eigenvalue weighted by Gasteiger charge is 2.25. The molecule has 1 saturated carbocycles. The van der Waals surface area contributed by atoms with E-state index in [4.69, 9.17) is 5.73 Å². The Morgan fingerprint density at radius 2 is 1.98 bits per heavy atom. The molecule has 3 heterocycles. The number of aliphatic hydroxyl groups is 1. The molecule has 11 heteroatoms. The average molecular weight is 569 g/mol. The zero-order valence-electron chi connectivity index (χ0n) is 23.7. The first kappa shape index (κ1) is 27.7. The molecule has 2 aromatic carbocycles. The standard InChI is InChI=1S/C31H33FN8O2/c1-38(2)10-4-11-39-17-19(16-34-39)13-27-35-29(37-31(33)36-27)23-5-3-6-26(24(23)18-41)40-12-9-21-14-22(20-7-8-20)15-25(32)28(21)30(40)42/h3,5-6,9,12,14-17,20,41H,4,7-8,10-11,13,18H2,1-2H3,(H2,33,35,36,37). The molecule has 1 aliphatic carbocycles. The molecule has 6 rings (SSSR count). The third-order valence-corrected chi connectivity index (χ3v) is 7.58. The van der Waals surface area contributed by atoms with Gasteiger partial charge in [-0.2, -0.15) is 15.1 Å². The smallest absolute Gasteiger partial charge is 0.265 e. The molecule has 1 fully saturated rings. The van der Waals surface area contributed by atoms with Gasteiger partial charge in [0.15, 0.2) is 5.82 Å². The summed E-state index contributed by atoms with van der Waals surface area (Å²) in [6, 6.07) is 10.3. The highest BCUT2D eigenvalue weighted by atomic mass is 19.1. The monoisotopic (exact) mass is 568 g/mol. The van der Waals surface area contributed by atoms with Crippen LogP contribution in [-0.4, -0.2) is 59.9 Å². The third kappa shape index (κ3) is 5.65. The largest absolute Gasteiger partial charge is 0.392 e. The molecule has 0 atom stereocenters. The quantitative estimate of drug-likeness (QED) is 0.261. The number of rotatable bonds is 10. The molecule has 0 amide bonds. The molecule has 0 radical (unpaired) electrons. The molecule has 3 aromatic heterocycles. The highest BCUT2D eigenvalue weighted by Crippen LogP contribution is 2.41. The first-order valence-electron chi connectivity index (χ1n) is 14.1. The SMILES string of the molecule is CN(C)CCCn1cc(Cc2nc(N)nc(-c3cccc(-n4ccc5cc(C6CC6)cc(F)c5c4=O)c3CO)n2)cn1. The van der Waals surface area contributed by atoms with Gasteiger partial charge >= 0.3 is 0 Å². The second-order valence-corrected chi connectivity index (χ2v) is 11.1. The highest BCUT2D eigenvalue weighted by molar-refractivity contribution is 5.83. The summed E-state index contributed by atoms with van der Waals surface area (Å²) in [7, 11) is 4.08. The van der Waals surface area contributed by atoms with Gasteiger partial charge in [0.1, 0.15) is 11.6 Å². The van der Waals surface area contributed by atoms with E-state index in [0.29, 0.717) is 40.4 Å². The molecule has 0 unspecified atom stereocenters. The Labute approximate surface area is 242 Å². The predicted molar refractivity (Wildman–Crippen MR) is 159 cm³/mol. The van der Waals surface area contributed by atoms with Crippen LogP contribution in [0.3, 0.4) is 0 Å². The van der Waals surface area contributed by atoms with E-state index in [-0.39, 0.29) is 17.2 Å². The van der Waals surface area contributed by atoms with Crippen LogP contribution >= 0.6 is 0 Å². The number of aliphatic hydroxyl groups excluding tert-OH is 1. The van der Waals surface area contributed by atoms with Crippen molar-refractivity contribution >= 4 is 16.7 Å². The van der Waals surface area contributed by atoms with Gasteiger partial charge in [0.05, 0.1) is 23.9 Å². The number of fused-ring (bicyclic) bond motifs is 1. The molecular weight excluding hydrogens is 535 g/mol. The zero-order chi connectivity index (χ0) is 29.4. The number of benzene rings is 2. The van der Waals surface area contributed by atoms with Gasteiger partial charge in [-0.3, -0.25) is 14.0 Å². The van der Waals surface area contributed by atoms with Crippen LogP contribution in [0.1, 0.15) is 47.7 Å². The molecule has 5 aromatic rings. The second kappa shape index (κ2) is 11.4. The van der Waals surface area contributed by atoms with Crippen LogP contribution in [0.5, 0.6) is 0 Å². The summed E-state index contributed by atoms with van der Waals surface area (Å²) in [6.45, 7) is 1.37. The van der Waals surface area contributed by atoms with Crippen molar-refractivity contribution in [1.29, 1.82) is 0 Å². The van der Waals surface area contributed by atoms with Gasteiger partial charge in [-0.05, 0) is 80.5 Å². The normalized spacial score (nSPS) is 13.4. The van der Waals surface area contributed by atoms with Crippen LogP contribution in [-0.2, 0) is 19.6 Å². The van der Waals surface area contributed by atoms with Gasteiger partial charge in [-0.15, -0.1) is 0 Å². The Kier molecular flexibility index (Phi) is 7.53. The van der Waals surface area contributed by atoms with Crippen molar-refractivity contribution in [3.05, 3.63) is 93.7 Å². The van der Waals surface area contributed by atoms with E-state index >= 15 is 4.39 Å². The number of hydrogen-bond donors (Lipinski definition) is 2. The number of aryl methyl sites for hydroxylation is 1. The van der Waals surface area contributed by atoms with Crippen LogP contribution in [0.4, 0.5) is 10.3 Å². The number of aromatic nitrogens is 6. The maximum Gasteiger partial charge on any atom is 0.265 e. The summed E-state index contributed by atoms with van der Waals surface area (Å²) in [5.41, 5.74) is 8.77. The van der Waals surface area contributed by atoms with Crippen molar-refractivity contribution in [3.8, 4) is 17.1 Å². The summed E-state index contributed by atoms with van der Waals surface area (Å²) in [5.74, 6) is 0.600. The van der Waals surface area contributed by atoms with Gasteiger partial charge in [0.2, 0.25) is 5.95 Å². The van der Waals surface area contributed by atoms with E-state index < -0.39 is 18.0 Å². The molecule has 0 spiro atoms. The van der Waals surface area contributed by atoms with Crippen LogP contribution in [0, 0.1) is 5.82 Å². The first-order chi connectivity index (χ1) is 20.3. The molecule has 0 saturated heterocycles. The number of halogens is 1. The van der Waals surface area contributed by atoms with Gasteiger partial charge in [-0.1, -0.05) is 18.2 Å². The van der Waals surface area contributed by atoms with Crippen molar-refractivity contribution in [3.63, 3.8) is 0 Å². The summed E-state index contributed by atoms with van der Waals surface area (Å²) >= 11 is 0. The van der Waals surface area contributed by atoms with Gasteiger partial charge in [0.25, 0.3) is 5.56 Å². The molecular formula is C31H33FN8O2. The number of nitrogens with two attached hydrogens (primary N) is 1. The maximum absolute atomic E-state index is 15.2. The van der Waals surface area contributed by atoms with Crippen molar-refractivity contribution in [2.45, 2.75) is 44.8 Å². The Bertz CT molecular complexity index is 1830. The fraction of sp³-hybridized carbons (Fsp3) is 0.323. The predicted octanol–water partition coefficient (Wildman–Crippen LogP) is 3.67. The number of nitrogen functional groups attached to an aromatic ring is 1. The van der Waals surface area contributed by atoms with Crippen molar-refractivity contribution in [1.82, 2.24) is 34.2 Å². The average Bonchev–Trinajstić information content (AvgIpc) is 3.72. The first-order valence-corrected chi connectivity index (χ1v) is 14.1. The molecule has 3 N–H and O–H groups in total. The number of pyridine rings is 1. The Balaban J connectivity index is 1.33. The summed E-state index contributed by atoms with van der Waals surface area (Å²) in [6.07, 6.45) is 8.82. The Hall–Kier alpha value is -4.48. The summed E-state index contributed by atoms with van der Waals surface area (Å²) < 4.78 is 18.4. The molecule has 216 valence electrons. The minimum Gasteiger partial charge on any atom is -0.392 e. The Morgan fingerprint density at radius 1 is 1.14 bits per heavy atom. The number of hydrogen-bond acceptors (Lipinski definition) is 8. The summed E-state index contributed by atoms with van der Waals surface area (Å²) in [4.78, 5) is 29.0. The van der Waals surface area contributed by atoms with Gasteiger partial charge in [0, 0.05) is 36.5 Å². The van der Waals surface area contributed by atoms with Crippen LogP contribution in [0.25, 0.3) is 27.8 Å². The molecule has 0 aliphatic heterocycles. The molecule has 0 bridgehead atoms. The summed E-state index contributed by atoms with van der Waals surface area (Å²) in [5, 5.41) is 15.5. The van der Waals surface area contributed by atoms with E-state index in [1.54, 1.807) is 36.7 Å². The second-order valence-electron chi connectivity index (χ2n) is 11.1. The number of nitrogens with zero attached hydrogens (tertiary/aromatic N) is 7. The lowest BCUT2D eigenvalue weighted by atomic mass is 10.0. The van der Waals surface area contributed by atoms with Crippen LogP contribution in [0.15, 0.2) is 59.8 Å².